The Bertz CT molecular complexity index is 365. The molecule has 0 aromatic carbocycles. The minimum absolute atomic E-state index is 0.0936. The van der Waals surface area contributed by atoms with E-state index < -0.39 is 0 Å². The van der Waals surface area contributed by atoms with Crippen molar-refractivity contribution >= 4 is 5.91 Å². The predicted molar refractivity (Wildman–Crippen MR) is 84.9 cm³/mol. The lowest BCUT2D eigenvalue weighted by Crippen LogP contribution is -2.48. The van der Waals surface area contributed by atoms with Crippen LogP contribution in [0.25, 0.3) is 0 Å². The predicted octanol–water partition coefficient (Wildman–Crippen LogP) is 2.03. The van der Waals surface area contributed by atoms with E-state index in [-0.39, 0.29) is 11.3 Å². The highest BCUT2D eigenvalue weighted by Crippen LogP contribution is 2.38. The van der Waals surface area contributed by atoms with Crippen LogP contribution in [0.5, 0.6) is 0 Å². The summed E-state index contributed by atoms with van der Waals surface area (Å²) < 4.78 is 0. The largest absolute Gasteiger partial charge is 0.353 e. The summed E-state index contributed by atoms with van der Waals surface area (Å²) in [6, 6.07) is 1.12. The molecule has 4 heteroatoms. The smallest absolute Gasteiger partial charge is 0.220 e. The van der Waals surface area contributed by atoms with Crippen molar-refractivity contribution in [2.45, 2.75) is 76.3 Å². The number of nitrogens with one attached hydrogen (secondary N) is 1. The fraction of sp³-hybridized carbons (Fsp3) is 0.941. The Morgan fingerprint density at radius 2 is 1.95 bits per heavy atom. The van der Waals surface area contributed by atoms with E-state index in [2.05, 4.69) is 10.2 Å². The monoisotopic (exact) mass is 293 g/mol. The first-order valence-electron chi connectivity index (χ1n) is 8.94. The number of hydrogen-bond donors (Lipinski definition) is 2. The summed E-state index contributed by atoms with van der Waals surface area (Å²) in [5.74, 6) is 0.249. The summed E-state index contributed by atoms with van der Waals surface area (Å²) in [5.41, 5.74) is 6.10. The van der Waals surface area contributed by atoms with Crippen molar-refractivity contribution in [2.24, 2.45) is 11.1 Å². The molecule has 4 nitrogen and oxygen atoms in total. The summed E-state index contributed by atoms with van der Waals surface area (Å²) in [6.07, 6.45) is 11.6. The second kappa shape index (κ2) is 6.66. The molecule has 2 aliphatic heterocycles. The van der Waals surface area contributed by atoms with Crippen LogP contribution in [0.3, 0.4) is 0 Å². The first-order chi connectivity index (χ1) is 10.2. The van der Waals surface area contributed by atoms with Gasteiger partial charge in [-0.15, -0.1) is 0 Å². The third-order valence-corrected chi connectivity index (χ3v) is 6.07. The molecule has 3 fully saturated rings. The minimum atomic E-state index is 0.0936. The van der Waals surface area contributed by atoms with Gasteiger partial charge in [0.2, 0.25) is 5.91 Å². The lowest BCUT2D eigenvalue weighted by Gasteiger charge is -2.38. The minimum Gasteiger partial charge on any atom is -0.353 e. The lowest BCUT2D eigenvalue weighted by molar-refractivity contribution is -0.125. The van der Waals surface area contributed by atoms with Crippen LogP contribution in [0.4, 0.5) is 0 Å². The normalized spacial score (nSPS) is 32.6. The Morgan fingerprint density at radius 1 is 1.14 bits per heavy atom. The fourth-order valence-electron chi connectivity index (χ4n) is 4.73. The van der Waals surface area contributed by atoms with Crippen molar-refractivity contribution < 1.29 is 4.79 Å². The molecule has 0 radical (unpaired) electrons. The average molecular weight is 293 g/mol. The Labute approximate surface area is 128 Å². The molecule has 0 bridgehead atoms. The van der Waals surface area contributed by atoms with Crippen LogP contribution in [0.1, 0.15) is 64.2 Å². The summed E-state index contributed by atoms with van der Waals surface area (Å²) >= 11 is 0. The first kappa shape index (κ1) is 15.3. The van der Waals surface area contributed by atoms with Gasteiger partial charge in [-0.2, -0.15) is 0 Å². The number of fused-ring (bicyclic) bond motifs is 1. The molecule has 2 heterocycles. The number of carbonyl (C=O) groups is 1. The number of amides is 1. The maximum absolute atomic E-state index is 12.5. The van der Waals surface area contributed by atoms with Crippen LogP contribution in [0.2, 0.25) is 0 Å². The first-order valence-corrected chi connectivity index (χ1v) is 8.94. The van der Waals surface area contributed by atoms with Gasteiger partial charge in [-0.25, -0.2) is 0 Å². The topological polar surface area (TPSA) is 58.4 Å². The molecule has 21 heavy (non-hydrogen) atoms. The molecule has 3 aliphatic rings. The number of piperidine rings is 1. The van der Waals surface area contributed by atoms with Crippen molar-refractivity contribution in [1.29, 1.82) is 0 Å². The zero-order chi connectivity index (χ0) is 14.7. The van der Waals surface area contributed by atoms with Crippen molar-refractivity contribution in [3.05, 3.63) is 0 Å². The highest BCUT2D eigenvalue weighted by Gasteiger charge is 2.35. The molecule has 0 aromatic rings. The van der Waals surface area contributed by atoms with Crippen molar-refractivity contribution in [3.63, 3.8) is 0 Å². The van der Waals surface area contributed by atoms with E-state index in [0.29, 0.717) is 19.0 Å². The van der Waals surface area contributed by atoms with Crippen LogP contribution in [0.15, 0.2) is 0 Å². The van der Waals surface area contributed by atoms with Gasteiger partial charge in [0.25, 0.3) is 0 Å². The van der Waals surface area contributed by atoms with Crippen molar-refractivity contribution in [1.82, 2.24) is 10.2 Å². The Kier molecular flexibility index (Phi) is 4.85. The molecule has 1 aliphatic carbocycles. The van der Waals surface area contributed by atoms with Gasteiger partial charge >= 0.3 is 0 Å². The van der Waals surface area contributed by atoms with Gasteiger partial charge < -0.3 is 16.0 Å². The summed E-state index contributed by atoms with van der Waals surface area (Å²) in [6.45, 7) is 3.10. The Hall–Kier alpha value is -0.610. The van der Waals surface area contributed by atoms with Gasteiger partial charge in [-0.1, -0.05) is 19.3 Å². The van der Waals surface area contributed by atoms with E-state index in [1.165, 1.54) is 38.6 Å². The second-order valence-corrected chi connectivity index (χ2v) is 7.56. The van der Waals surface area contributed by atoms with E-state index in [1.807, 2.05) is 0 Å². The maximum Gasteiger partial charge on any atom is 0.220 e. The lowest BCUT2D eigenvalue weighted by atomic mass is 9.71. The molecule has 0 aromatic heterocycles. The van der Waals surface area contributed by atoms with E-state index in [9.17, 15) is 4.79 Å². The highest BCUT2D eigenvalue weighted by molar-refractivity contribution is 5.77. The second-order valence-electron chi connectivity index (χ2n) is 7.56. The van der Waals surface area contributed by atoms with Crippen LogP contribution in [-0.2, 0) is 4.79 Å². The third-order valence-electron chi connectivity index (χ3n) is 6.07. The third kappa shape index (κ3) is 3.59. The Morgan fingerprint density at radius 3 is 2.71 bits per heavy atom. The van der Waals surface area contributed by atoms with Crippen LogP contribution >= 0.6 is 0 Å². The molecular weight excluding hydrogens is 262 g/mol. The molecule has 2 unspecified atom stereocenters. The molecule has 2 atom stereocenters. The highest BCUT2D eigenvalue weighted by atomic mass is 16.1. The molecule has 1 saturated carbocycles. The zero-order valence-electron chi connectivity index (χ0n) is 13.3. The van der Waals surface area contributed by atoms with Gasteiger partial charge in [0.05, 0.1) is 0 Å². The van der Waals surface area contributed by atoms with Gasteiger partial charge in [-0.3, -0.25) is 4.79 Å². The van der Waals surface area contributed by atoms with E-state index in [4.69, 9.17) is 5.73 Å². The number of rotatable bonds is 4. The number of carbonyl (C=O) groups excluding carboxylic acids is 1. The van der Waals surface area contributed by atoms with Crippen molar-refractivity contribution in [3.8, 4) is 0 Å². The number of hydrogen-bond acceptors (Lipinski definition) is 3. The van der Waals surface area contributed by atoms with E-state index in [0.717, 1.165) is 38.3 Å². The summed E-state index contributed by atoms with van der Waals surface area (Å²) in [4.78, 5) is 15.1. The Balaban J connectivity index is 1.49. The van der Waals surface area contributed by atoms with Gasteiger partial charge in [0, 0.05) is 25.0 Å². The van der Waals surface area contributed by atoms with Crippen LogP contribution in [-0.4, -0.2) is 42.5 Å². The number of nitrogens with two attached hydrogens (primary N) is 1. The molecular formula is C17H31N3O. The van der Waals surface area contributed by atoms with Gasteiger partial charge in [0.1, 0.15) is 0 Å². The van der Waals surface area contributed by atoms with Gasteiger partial charge in [-0.05, 0) is 57.0 Å². The maximum atomic E-state index is 12.5. The molecule has 0 spiro atoms. The summed E-state index contributed by atoms with van der Waals surface area (Å²) in [7, 11) is 0. The molecule has 3 N–H and O–H groups in total. The quantitative estimate of drug-likeness (QED) is 0.834. The number of nitrogens with zero attached hydrogens (tertiary/aromatic N) is 1. The molecule has 3 rings (SSSR count). The summed E-state index contributed by atoms with van der Waals surface area (Å²) in [5, 5.41) is 3.32. The molecule has 1 amide bonds. The zero-order valence-corrected chi connectivity index (χ0v) is 13.3. The van der Waals surface area contributed by atoms with Crippen molar-refractivity contribution in [2.75, 3.05) is 19.6 Å². The standard InChI is InChI=1S/C17H31N3O/c18-13-17(7-2-1-3-8-17)12-16(21)19-14-6-10-20-9-4-5-15(20)11-14/h14-15H,1-13,18H2,(H,19,21). The molecule has 120 valence electrons. The van der Waals surface area contributed by atoms with Crippen LogP contribution < -0.4 is 11.1 Å². The molecule has 2 saturated heterocycles. The van der Waals surface area contributed by atoms with Crippen LogP contribution in [0, 0.1) is 5.41 Å². The van der Waals surface area contributed by atoms with E-state index in [1.54, 1.807) is 0 Å². The fourth-order valence-corrected chi connectivity index (χ4v) is 4.73. The SMILES string of the molecule is NCC1(CC(=O)NC2CCN3CCCC3C2)CCCCC1. The van der Waals surface area contributed by atoms with E-state index >= 15 is 0 Å². The average Bonchev–Trinajstić information content (AvgIpc) is 2.95. The van der Waals surface area contributed by atoms with Gasteiger partial charge in [0.15, 0.2) is 0 Å².